The summed E-state index contributed by atoms with van der Waals surface area (Å²) in [6.07, 6.45) is 0. The summed E-state index contributed by atoms with van der Waals surface area (Å²) < 4.78 is 0. The molecule has 0 heterocycles. The minimum atomic E-state index is 0. The summed E-state index contributed by atoms with van der Waals surface area (Å²) >= 11 is 0. The van der Waals surface area contributed by atoms with Crippen LogP contribution in [-0.4, -0.2) is 0 Å². The second-order valence-electron chi connectivity index (χ2n) is 0. The van der Waals surface area contributed by atoms with Gasteiger partial charge in [0.25, 0.3) is 0 Å². The first-order chi connectivity index (χ1) is 1.00. The molecule has 0 bridgehead atoms. The second-order valence-corrected chi connectivity index (χ2v) is 0. The van der Waals surface area contributed by atoms with Crippen molar-refractivity contribution in [1.82, 2.24) is 0 Å². The third-order valence-corrected chi connectivity index (χ3v) is 0. The fourth-order valence-corrected chi connectivity index (χ4v) is 0. The molecule has 0 unspecified atom stereocenters. The third-order valence-electron chi connectivity index (χ3n) is 0. The average Bonchev–Trinajstić information content (AvgIpc) is 1.00. The fourth-order valence-electron chi connectivity index (χ4n) is 0. The average molecular weight is 214 g/mol. The molecule has 0 aromatic rings. The molecule has 0 aromatic carbocycles. The summed E-state index contributed by atoms with van der Waals surface area (Å²) in [6.45, 7) is 7.00. The molecule has 0 saturated carbocycles. The molecule has 0 aliphatic carbocycles. The summed E-state index contributed by atoms with van der Waals surface area (Å²) in [6, 6.07) is 0. The van der Waals surface area contributed by atoms with E-state index in [0.717, 1.165) is 0 Å². The van der Waals surface area contributed by atoms with Crippen LogP contribution in [0, 0.1) is 56.0 Å². The Hall–Kier alpha value is 1.61. The van der Waals surface area contributed by atoms with E-state index in [1.807, 2.05) is 0 Å². The predicted octanol–water partition coefficient (Wildman–Crippen LogP) is -2.39. The molecule has 4 heavy (non-hydrogen) atoms. The van der Waals surface area contributed by atoms with E-state index < -0.39 is 0 Å². The molecular formula is C2H3ClEu. The van der Waals surface area contributed by atoms with E-state index in [1.54, 1.807) is 0 Å². The van der Waals surface area contributed by atoms with Crippen molar-refractivity contribution >= 4 is 0 Å². The van der Waals surface area contributed by atoms with Gasteiger partial charge in [0.2, 0.25) is 0 Å². The van der Waals surface area contributed by atoms with Crippen LogP contribution in [0.2, 0.25) is 0 Å². The summed E-state index contributed by atoms with van der Waals surface area (Å²) in [4.78, 5) is 0. The maximum atomic E-state index is 4.25. The monoisotopic (exact) mass is 215 g/mol. The fraction of sp³-hybridized carbons (Fsp3) is 0. The minimum absolute atomic E-state index is 0. The van der Waals surface area contributed by atoms with Gasteiger partial charge in [-0.25, -0.2) is 0 Å². The summed E-state index contributed by atoms with van der Waals surface area (Å²) in [5.41, 5.74) is 0. The van der Waals surface area contributed by atoms with Crippen molar-refractivity contribution in [3.63, 3.8) is 0 Å². The van der Waals surface area contributed by atoms with Crippen molar-refractivity contribution in [2.75, 3.05) is 0 Å². The van der Waals surface area contributed by atoms with Crippen molar-refractivity contribution in [1.29, 1.82) is 0 Å². The summed E-state index contributed by atoms with van der Waals surface area (Å²) in [5, 5.41) is 0. The van der Waals surface area contributed by atoms with Gasteiger partial charge in [-0.3, -0.25) is 6.58 Å². The Morgan fingerprint density at radius 3 is 1.25 bits per heavy atom. The molecule has 0 saturated heterocycles. The molecule has 0 aliphatic rings. The van der Waals surface area contributed by atoms with Crippen LogP contribution >= 0.6 is 0 Å². The molecule has 0 fully saturated rings. The van der Waals surface area contributed by atoms with Crippen LogP contribution in [-0.2, 0) is 0 Å². The summed E-state index contributed by atoms with van der Waals surface area (Å²) in [5.74, 6) is 0. The van der Waals surface area contributed by atoms with Gasteiger partial charge in [0.1, 0.15) is 0 Å². The Bertz CT molecular complexity index is 6.00. The van der Waals surface area contributed by atoms with Crippen LogP contribution in [0.1, 0.15) is 0 Å². The molecule has 0 rings (SSSR count). The van der Waals surface area contributed by atoms with E-state index in [-0.39, 0.29) is 61.8 Å². The van der Waals surface area contributed by atoms with Gasteiger partial charge in [0.15, 0.2) is 0 Å². The first kappa shape index (κ1) is 17.5. The van der Waals surface area contributed by atoms with E-state index in [2.05, 4.69) is 13.2 Å². The van der Waals surface area contributed by atoms with Gasteiger partial charge < -0.3 is 19.0 Å². The first-order valence-electron chi connectivity index (χ1n) is 0.408. The maximum absolute atomic E-state index is 4.25. The van der Waals surface area contributed by atoms with Gasteiger partial charge in [-0.05, 0) is 0 Å². The Labute approximate surface area is 73.6 Å². The number of hydrogen-bond donors (Lipinski definition) is 0. The van der Waals surface area contributed by atoms with Crippen LogP contribution in [0.15, 0.2) is 6.58 Å². The first-order valence-corrected chi connectivity index (χ1v) is 0.408. The van der Waals surface area contributed by atoms with Crippen molar-refractivity contribution in [2.24, 2.45) is 0 Å². The van der Waals surface area contributed by atoms with Crippen LogP contribution < -0.4 is 12.4 Å². The van der Waals surface area contributed by atoms with Gasteiger partial charge in [0, 0.05) is 0 Å². The minimum Gasteiger partial charge on any atom is -1.00 e. The summed E-state index contributed by atoms with van der Waals surface area (Å²) in [7, 11) is 0. The molecule has 0 amide bonds. The zero-order chi connectivity index (χ0) is 2.00. The quantitative estimate of drug-likeness (QED) is 0.395. The number of halogens is 1. The molecule has 0 nitrogen and oxygen atoms in total. The third kappa shape index (κ3) is 9.48. The molecule has 0 atom stereocenters. The zero-order valence-electron chi connectivity index (χ0n) is 2.04. The van der Waals surface area contributed by atoms with Crippen LogP contribution in [0.25, 0.3) is 0 Å². The number of hydrogen-bond acceptors (Lipinski definition) is 0. The molecule has 0 N–H and O–H groups in total. The van der Waals surface area contributed by atoms with E-state index in [1.165, 1.54) is 0 Å². The van der Waals surface area contributed by atoms with E-state index in [4.69, 9.17) is 0 Å². The van der Waals surface area contributed by atoms with Crippen molar-refractivity contribution in [3.8, 4) is 0 Å². The molecule has 1 radical (unpaired) electrons. The van der Waals surface area contributed by atoms with Gasteiger partial charge in [-0.15, -0.1) is 0 Å². The van der Waals surface area contributed by atoms with Crippen molar-refractivity contribution in [2.45, 2.75) is 0 Å². The largest absolute Gasteiger partial charge is 2.00 e. The SMILES string of the molecule is [CH-]=C.[Cl-].[Eu+2]. The molecule has 0 spiro atoms. The second kappa shape index (κ2) is 23.1. The van der Waals surface area contributed by atoms with Crippen LogP contribution in [0.4, 0.5) is 0 Å². The van der Waals surface area contributed by atoms with E-state index >= 15 is 0 Å². The molecular weight excluding hydrogens is 211 g/mol. The van der Waals surface area contributed by atoms with E-state index in [9.17, 15) is 0 Å². The molecule has 0 aliphatic heterocycles. The van der Waals surface area contributed by atoms with E-state index in [0.29, 0.717) is 0 Å². The van der Waals surface area contributed by atoms with Crippen LogP contribution in [0.5, 0.6) is 0 Å². The Morgan fingerprint density at radius 1 is 1.25 bits per heavy atom. The Morgan fingerprint density at radius 2 is 1.25 bits per heavy atom. The maximum Gasteiger partial charge on any atom is 2.00 e. The standard InChI is InChI=1S/C2H3.ClH.Eu/c1-2;;/h1H,2H2;1H;/q-1;;+2/p-1. The van der Waals surface area contributed by atoms with Gasteiger partial charge in [-0.1, -0.05) is 0 Å². The van der Waals surface area contributed by atoms with Crippen LogP contribution in [0.3, 0.4) is 0 Å². The van der Waals surface area contributed by atoms with Gasteiger partial charge in [0.05, 0.1) is 0 Å². The Balaban J connectivity index is -0.00000000500. The van der Waals surface area contributed by atoms with Gasteiger partial charge >= 0.3 is 49.4 Å². The topological polar surface area (TPSA) is 0 Å². The Kier molecular flexibility index (Phi) is 101. The van der Waals surface area contributed by atoms with Crippen molar-refractivity contribution < 1.29 is 61.8 Å². The number of rotatable bonds is 0. The smallest absolute Gasteiger partial charge is 1.00 e. The predicted molar refractivity (Wildman–Crippen MR) is 9.93 cm³/mol. The van der Waals surface area contributed by atoms with Crippen molar-refractivity contribution in [3.05, 3.63) is 13.2 Å². The molecule has 0 aromatic heterocycles. The van der Waals surface area contributed by atoms with Gasteiger partial charge in [-0.2, -0.15) is 0 Å². The normalized spacial score (nSPS) is 1.00. The molecule has 2 heteroatoms. The zero-order valence-corrected chi connectivity index (χ0v) is 5.22. The molecule has 25 valence electrons.